The summed E-state index contributed by atoms with van der Waals surface area (Å²) in [7, 11) is 0. The minimum atomic E-state index is -0.663. The highest BCUT2D eigenvalue weighted by Crippen LogP contribution is 2.16. The lowest BCUT2D eigenvalue weighted by Crippen LogP contribution is -2.25. The van der Waals surface area contributed by atoms with E-state index in [1.165, 1.54) is 0 Å². The van der Waals surface area contributed by atoms with Gasteiger partial charge in [-0.15, -0.1) is 5.10 Å². The molecule has 0 aliphatic carbocycles. The van der Waals surface area contributed by atoms with E-state index in [4.69, 9.17) is 0 Å². The number of benzene rings is 2. The fourth-order valence-corrected chi connectivity index (χ4v) is 1.95. The zero-order valence-electron chi connectivity index (χ0n) is 10.8. The molecule has 0 spiro atoms. The summed E-state index contributed by atoms with van der Waals surface area (Å²) < 4.78 is 0. The Balaban J connectivity index is 1.88. The summed E-state index contributed by atoms with van der Waals surface area (Å²) in [6, 6.07) is 13.8. The third kappa shape index (κ3) is 2.71. The molecule has 3 N–H and O–H groups in total. The van der Waals surface area contributed by atoms with Crippen LogP contribution in [0.25, 0.3) is 10.8 Å². The molecule has 7 heteroatoms. The molecule has 21 heavy (non-hydrogen) atoms. The average Bonchev–Trinajstić information content (AvgIpc) is 2.50. The topological polar surface area (TPSA) is 103 Å². The van der Waals surface area contributed by atoms with E-state index in [-0.39, 0.29) is 5.82 Å². The van der Waals surface area contributed by atoms with Gasteiger partial charge in [-0.2, -0.15) is 5.10 Å². The maximum atomic E-state index is 11.4. The molecule has 104 valence electrons. The average molecular weight is 281 g/mol. The van der Waals surface area contributed by atoms with Crippen molar-refractivity contribution in [1.29, 1.82) is 0 Å². The van der Waals surface area contributed by atoms with Crippen molar-refractivity contribution in [3.8, 4) is 0 Å². The van der Waals surface area contributed by atoms with Gasteiger partial charge in [0.1, 0.15) is 0 Å². The molecular weight excluding hydrogens is 270 g/mol. The van der Waals surface area contributed by atoms with Gasteiger partial charge in [-0.25, -0.2) is 9.89 Å². The molecule has 1 heterocycles. The quantitative estimate of drug-likeness (QED) is 0.493. The summed E-state index contributed by atoms with van der Waals surface area (Å²) in [6.45, 7) is 0. The zero-order chi connectivity index (χ0) is 14.7. The first-order chi connectivity index (χ1) is 10.2. The highest BCUT2D eigenvalue weighted by molar-refractivity contribution is 5.99. The molecule has 3 aromatic rings. The van der Waals surface area contributed by atoms with Crippen LogP contribution in [-0.2, 0) is 0 Å². The lowest BCUT2D eigenvalue weighted by molar-refractivity contribution is 0.890. The molecule has 0 amide bonds. The molecule has 0 aliphatic rings. The van der Waals surface area contributed by atoms with E-state index in [9.17, 15) is 9.59 Å². The second-order valence-corrected chi connectivity index (χ2v) is 4.29. The van der Waals surface area contributed by atoms with Crippen LogP contribution in [0.15, 0.2) is 57.2 Å². The first-order valence-corrected chi connectivity index (χ1v) is 6.20. The SMILES string of the molecule is O=c1[nH]nc(N/N=C\c2cccc3ccccc23)c(=O)[nH]1. The Morgan fingerprint density at radius 1 is 1.10 bits per heavy atom. The highest BCUT2D eigenvalue weighted by atomic mass is 16.2. The second-order valence-electron chi connectivity index (χ2n) is 4.29. The molecule has 2 aromatic carbocycles. The number of rotatable bonds is 3. The second kappa shape index (κ2) is 5.41. The van der Waals surface area contributed by atoms with Gasteiger partial charge in [0.05, 0.1) is 6.21 Å². The molecule has 1 aromatic heterocycles. The summed E-state index contributed by atoms with van der Waals surface area (Å²) in [6.07, 6.45) is 1.59. The Hall–Kier alpha value is -3.22. The molecule has 7 nitrogen and oxygen atoms in total. The van der Waals surface area contributed by atoms with Crippen LogP contribution in [0.1, 0.15) is 5.56 Å². The van der Waals surface area contributed by atoms with E-state index in [1.807, 2.05) is 42.5 Å². The van der Waals surface area contributed by atoms with Crippen molar-refractivity contribution in [3.63, 3.8) is 0 Å². The maximum Gasteiger partial charge on any atom is 0.342 e. The molecule has 0 fully saturated rings. The number of anilines is 1. The Kier molecular flexibility index (Phi) is 3.30. The van der Waals surface area contributed by atoms with E-state index < -0.39 is 11.2 Å². The Morgan fingerprint density at radius 3 is 2.76 bits per heavy atom. The van der Waals surface area contributed by atoms with E-state index in [1.54, 1.807) is 6.21 Å². The number of hydrogen-bond donors (Lipinski definition) is 3. The minimum Gasteiger partial charge on any atom is -0.270 e. The van der Waals surface area contributed by atoms with Gasteiger partial charge in [0, 0.05) is 5.56 Å². The van der Waals surface area contributed by atoms with Gasteiger partial charge in [0.25, 0.3) is 5.56 Å². The van der Waals surface area contributed by atoms with Crippen LogP contribution in [0.3, 0.4) is 0 Å². The van der Waals surface area contributed by atoms with Crippen molar-refractivity contribution in [3.05, 3.63) is 68.9 Å². The Morgan fingerprint density at radius 2 is 1.90 bits per heavy atom. The van der Waals surface area contributed by atoms with Crippen LogP contribution in [0, 0.1) is 0 Å². The first-order valence-electron chi connectivity index (χ1n) is 6.20. The van der Waals surface area contributed by atoms with Gasteiger partial charge in [-0.3, -0.25) is 15.2 Å². The highest BCUT2D eigenvalue weighted by Gasteiger charge is 2.00. The van der Waals surface area contributed by atoms with Crippen LogP contribution in [-0.4, -0.2) is 21.4 Å². The minimum absolute atomic E-state index is 0.0777. The van der Waals surface area contributed by atoms with Crippen LogP contribution in [0.2, 0.25) is 0 Å². The zero-order valence-corrected chi connectivity index (χ0v) is 10.8. The largest absolute Gasteiger partial charge is 0.342 e. The van der Waals surface area contributed by atoms with E-state index >= 15 is 0 Å². The number of nitrogens with zero attached hydrogens (tertiary/aromatic N) is 2. The van der Waals surface area contributed by atoms with Gasteiger partial charge in [0.2, 0.25) is 5.82 Å². The number of aromatic nitrogens is 3. The van der Waals surface area contributed by atoms with Gasteiger partial charge >= 0.3 is 5.69 Å². The van der Waals surface area contributed by atoms with E-state index in [0.29, 0.717) is 0 Å². The fourth-order valence-electron chi connectivity index (χ4n) is 1.95. The maximum absolute atomic E-state index is 11.4. The molecule has 3 rings (SSSR count). The van der Waals surface area contributed by atoms with Gasteiger partial charge < -0.3 is 0 Å². The summed E-state index contributed by atoms with van der Waals surface area (Å²) in [5, 5.41) is 11.8. The predicted molar refractivity (Wildman–Crippen MR) is 80.6 cm³/mol. The van der Waals surface area contributed by atoms with Crippen LogP contribution < -0.4 is 16.7 Å². The third-order valence-electron chi connectivity index (χ3n) is 2.91. The number of H-pyrrole nitrogens is 2. The van der Waals surface area contributed by atoms with E-state index in [2.05, 4.69) is 25.7 Å². The molecular formula is C14H11N5O2. The molecule has 0 bridgehead atoms. The van der Waals surface area contributed by atoms with Crippen molar-refractivity contribution < 1.29 is 0 Å². The van der Waals surface area contributed by atoms with Crippen LogP contribution >= 0.6 is 0 Å². The molecule has 0 saturated heterocycles. The summed E-state index contributed by atoms with van der Waals surface area (Å²) >= 11 is 0. The van der Waals surface area contributed by atoms with Crippen molar-refractivity contribution in [2.24, 2.45) is 5.10 Å². The molecule has 0 aliphatic heterocycles. The van der Waals surface area contributed by atoms with Gasteiger partial charge in [-0.05, 0) is 10.8 Å². The van der Waals surface area contributed by atoms with Crippen LogP contribution in [0.4, 0.5) is 5.82 Å². The lowest BCUT2D eigenvalue weighted by Gasteiger charge is -2.01. The Bertz CT molecular complexity index is 921. The fraction of sp³-hybridized carbons (Fsp3) is 0. The molecule has 0 unspecified atom stereocenters. The van der Waals surface area contributed by atoms with Crippen molar-refractivity contribution in [2.45, 2.75) is 0 Å². The Labute approximate surface area is 118 Å². The standard InChI is InChI=1S/C14H11N5O2/c20-13-12(18-19-14(21)16-13)17-15-8-10-6-3-5-9-4-1-2-7-11(9)10/h1-8H,(H,17,18)(H2,16,19,20,21)/b15-8-. The molecule has 0 radical (unpaired) electrons. The number of nitrogens with one attached hydrogen (secondary N) is 3. The number of hydrogen-bond acceptors (Lipinski definition) is 5. The van der Waals surface area contributed by atoms with E-state index in [0.717, 1.165) is 16.3 Å². The van der Waals surface area contributed by atoms with Crippen molar-refractivity contribution in [1.82, 2.24) is 15.2 Å². The van der Waals surface area contributed by atoms with Crippen LogP contribution in [0.5, 0.6) is 0 Å². The smallest absolute Gasteiger partial charge is 0.270 e. The number of hydrazone groups is 1. The third-order valence-corrected chi connectivity index (χ3v) is 2.91. The monoisotopic (exact) mass is 281 g/mol. The number of aromatic amines is 2. The normalized spacial score (nSPS) is 11.0. The molecule has 0 saturated carbocycles. The van der Waals surface area contributed by atoms with Crippen molar-refractivity contribution >= 4 is 22.8 Å². The van der Waals surface area contributed by atoms with Crippen molar-refractivity contribution in [2.75, 3.05) is 5.43 Å². The first kappa shape index (κ1) is 12.8. The summed E-state index contributed by atoms with van der Waals surface area (Å²) in [5.74, 6) is -0.0777. The predicted octanol–water partition coefficient (Wildman–Crippen LogP) is 1.06. The lowest BCUT2D eigenvalue weighted by atomic mass is 10.1. The van der Waals surface area contributed by atoms with Gasteiger partial charge in [0.15, 0.2) is 0 Å². The van der Waals surface area contributed by atoms with Gasteiger partial charge in [-0.1, -0.05) is 42.5 Å². The summed E-state index contributed by atoms with van der Waals surface area (Å²) in [4.78, 5) is 24.3. The molecule has 0 atom stereocenters. The summed E-state index contributed by atoms with van der Waals surface area (Å²) in [5.41, 5.74) is 2.11. The number of fused-ring (bicyclic) bond motifs is 1.